The summed E-state index contributed by atoms with van der Waals surface area (Å²) in [6, 6.07) is 12.9. The lowest BCUT2D eigenvalue weighted by Gasteiger charge is -2.29. The average Bonchev–Trinajstić information content (AvgIpc) is 2.83. The molecule has 0 bridgehead atoms. The summed E-state index contributed by atoms with van der Waals surface area (Å²) in [6.45, 7) is 7.32. The zero-order chi connectivity index (χ0) is 27.0. The van der Waals surface area contributed by atoms with Gasteiger partial charge in [0, 0.05) is 34.9 Å². The fraction of sp³-hybridized carbons (Fsp3) is 0.269. The minimum absolute atomic E-state index is 0.175. The molecule has 1 N–H and O–H groups in total. The van der Waals surface area contributed by atoms with E-state index < -0.39 is 21.8 Å². The minimum atomic E-state index is -4.54. The zero-order valence-electron chi connectivity index (χ0n) is 20.7. The highest BCUT2D eigenvalue weighted by Gasteiger charge is 2.34. The van der Waals surface area contributed by atoms with Crippen LogP contribution in [0.1, 0.15) is 33.3 Å². The molecule has 0 spiro atoms. The second-order valence-corrected chi connectivity index (χ2v) is 10.9. The quantitative estimate of drug-likeness (QED) is 0.304. The van der Waals surface area contributed by atoms with Crippen LogP contribution in [0.3, 0.4) is 0 Å². The second-order valence-electron chi connectivity index (χ2n) is 9.02. The highest BCUT2D eigenvalue weighted by molar-refractivity contribution is 7.89. The van der Waals surface area contributed by atoms with Crippen LogP contribution in [0.4, 0.5) is 24.7 Å². The first-order valence-corrected chi connectivity index (χ1v) is 13.0. The summed E-state index contributed by atoms with van der Waals surface area (Å²) < 4.78 is 68.1. The molecule has 194 valence electrons. The first-order chi connectivity index (χ1) is 17.4. The molecule has 4 rings (SSSR count). The summed E-state index contributed by atoms with van der Waals surface area (Å²) in [5.74, 6) is 0.426. The van der Waals surface area contributed by atoms with E-state index in [0.717, 1.165) is 6.07 Å². The second kappa shape index (κ2) is 10.1. The van der Waals surface area contributed by atoms with Crippen LogP contribution >= 0.6 is 0 Å². The van der Waals surface area contributed by atoms with Crippen molar-refractivity contribution in [3.8, 4) is 11.3 Å². The van der Waals surface area contributed by atoms with E-state index >= 15 is 0 Å². The molecule has 0 saturated heterocycles. The van der Waals surface area contributed by atoms with Gasteiger partial charge in [0.15, 0.2) is 0 Å². The maximum absolute atomic E-state index is 13.5. The number of benzene rings is 2. The zero-order valence-corrected chi connectivity index (χ0v) is 21.5. The predicted molar refractivity (Wildman–Crippen MR) is 137 cm³/mol. The van der Waals surface area contributed by atoms with Crippen molar-refractivity contribution in [2.24, 2.45) is 0 Å². The number of hydrogen-bond donors (Lipinski definition) is 1. The van der Waals surface area contributed by atoms with E-state index in [1.165, 1.54) is 47.2 Å². The van der Waals surface area contributed by atoms with Gasteiger partial charge in [-0.15, -0.1) is 0 Å². The Kier molecular flexibility index (Phi) is 7.20. The fourth-order valence-electron chi connectivity index (χ4n) is 4.29. The lowest BCUT2D eigenvalue weighted by atomic mass is 10.0. The first-order valence-electron chi connectivity index (χ1n) is 11.6. The SMILES string of the molecule is CC(C)N(C(C)C)S(=O)(=O)c1ccc(Nc2ncnc3cc(-c4ncccc4C(F)(F)F)ccc23)cc1. The normalized spacial score (nSPS) is 12.6. The third-order valence-electron chi connectivity index (χ3n) is 5.73. The van der Waals surface area contributed by atoms with Crippen LogP contribution < -0.4 is 5.32 Å². The van der Waals surface area contributed by atoms with Crippen LogP contribution in [0.5, 0.6) is 0 Å². The van der Waals surface area contributed by atoms with Crippen molar-refractivity contribution in [3.05, 3.63) is 72.7 Å². The van der Waals surface area contributed by atoms with Crippen LogP contribution in [0.25, 0.3) is 22.2 Å². The summed E-state index contributed by atoms with van der Waals surface area (Å²) in [5, 5.41) is 3.72. The van der Waals surface area contributed by atoms with E-state index in [1.54, 1.807) is 18.2 Å². The smallest absolute Gasteiger partial charge is 0.340 e. The highest BCUT2D eigenvalue weighted by Crippen LogP contribution is 2.37. The molecule has 11 heteroatoms. The van der Waals surface area contributed by atoms with E-state index in [0.29, 0.717) is 22.4 Å². The maximum atomic E-state index is 13.5. The number of sulfonamides is 1. The Morgan fingerprint density at radius 1 is 0.892 bits per heavy atom. The Morgan fingerprint density at radius 2 is 1.57 bits per heavy atom. The van der Waals surface area contributed by atoms with Crippen molar-refractivity contribution >= 4 is 32.4 Å². The van der Waals surface area contributed by atoms with E-state index in [-0.39, 0.29) is 28.2 Å². The van der Waals surface area contributed by atoms with E-state index in [4.69, 9.17) is 0 Å². The van der Waals surface area contributed by atoms with Gasteiger partial charge in [0.25, 0.3) is 0 Å². The Bertz CT molecular complexity index is 1510. The number of alkyl halides is 3. The first kappa shape index (κ1) is 26.5. The van der Waals surface area contributed by atoms with Crippen molar-refractivity contribution in [2.45, 2.75) is 50.9 Å². The van der Waals surface area contributed by atoms with Crippen LogP contribution in [0.15, 0.2) is 72.0 Å². The van der Waals surface area contributed by atoms with Gasteiger partial charge in [-0.1, -0.05) is 6.07 Å². The van der Waals surface area contributed by atoms with Gasteiger partial charge >= 0.3 is 6.18 Å². The standard InChI is InChI=1S/C26H26F3N5O2S/c1-16(2)34(17(3)4)37(35,36)20-10-8-19(9-11-20)33-25-21-12-7-18(14-23(21)31-15-32-25)24-22(26(27,28)29)6-5-13-30-24/h5-17H,1-4H3,(H,31,32,33). The molecule has 0 atom stereocenters. The van der Waals surface area contributed by atoms with Gasteiger partial charge in [-0.2, -0.15) is 17.5 Å². The highest BCUT2D eigenvalue weighted by atomic mass is 32.2. The molecule has 0 aliphatic rings. The summed E-state index contributed by atoms with van der Waals surface area (Å²) in [7, 11) is -3.68. The summed E-state index contributed by atoms with van der Waals surface area (Å²) in [6.07, 6.45) is -1.93. The monoisotopic (exact) mass is 529 g/mol. The van der Waals surface area contributed by atoms with Gasteiger partial charge in [0.05, 0.1) is 21.7 Å². The Labute approximate surface area is 213 Å². The van der Waals surface area contributed by atoms with Crippen molar-refractivity contribution in [2.75, 3.05) is 5.32 Å². The van der Waals surface area contributed by atoms with E-state index in [1.807, 2.05) is 27.7 Å². The van der Waals surface area contributed by atoms with Gasteiger partial charge < -0.3 is 5.32 Å². The molecule has 0 radical (unpaired) electrons. The van der Waals surface area contributed by atoms with E-state index in [9.17, 15) is 21.6 Å². The number of aromatic nitrogens is 3. The molecule has 7 nitrogen and oxygen atoms in total. The predicted octanol–water partition coefficient (Wildman–Crippen LogP) is 6.26. The van der Waals surface area contributed by atoms with Crippen molar-refractivity contribution in [1.82, 2.24) is 19.3 Å². The number of nitrogens with zero attached hydrogens (tertiary/aromatic N) is 4. The molecule has 4 aromatic rings. The van der Waals surface area contributed by atoms with Crippen LogP contribution in [0.2, 0.25) is 0 Å². The Balaban J connectivity index is 1.65. The summed E-state index contributed by atoms with van der Waals surface area (Å²) in [5.41, 5.74) is 0.286. The van der Waals surface area contributed by atoms with Gasteiger partial charge in [-0.05, 0) is 76.2 Å². The molecule has 0 amide bonds. The molecule has 37 heavy (non-hydrogen) atoms. The molecule has 0 fully saturated rings. The summed E-state index contributed by atoms with van der Waals surface area (Å²) >= 11 is 0. The van der Waals surface area contributed by atoms with Crippen LogP contribution in [-0.2, 0) is 16.2 Å². The average molecular weight is 530 g/mol. The van der Waals surface area contributed by atoms with Crippen molar-refractivity contribution in [1.29, 1.82) is 0 Å². The topological polar surface area (TPSA) is 88.1 Å². The molecular weight excluding hydrogens is 503 g/mol. The maximum Gasteiger partial charge on any atom is 0.418 e. The number of fused-ring (bicyclic) bond motifs is 1. The number of anilines is 2. The molecule has 0 aliphatic heterocycles. The van der Waals surface area contributed by atoms with Gasteiger partial charge in [-0.3, -0.25) is 4.98 Å². The molecule has 2 heterocycles. The Morgan fingerprint density at radius 3 is 2.19 bits per heavy atom. The third kappa shape index (κ3) is 5.42. The lowest BCUT2D eigenvalue weighted by Crippen LogP contribution is -2.41. The molecule has 0 saturated carbocycles. The minimum Gasteiger partial charge on any atom is -0.340 e. The van der Waals surface area contributed by atoms with Crippen LogP contribution in [0, 0.1) is 0 Å². The molecule has 2 aromatic heterocycles. The number of rotatable bonds is 7. The van der Waals surface area contributed by atoms with Crippen LogP contribution in [-0.4, -0.2) is 39.8 Å². The van der Waals surface area contributed by atoms with Gasteiger partial charge in [0.1, 0.15) is 12.1 Å². The molecule has 0 unspecified atom stereocenters. The number of halogens is 3. The number of pyridine rings is 1. The molecule has 0 aliphatic carbocycles. The lowest BCUT2D eigenvalue weighted by molar-refractivity contribution is -0.137. The number of nitrogens with one attached hydrogen (secondary N) is 1. The van der Waals surface area contributed by atoms with Crippen molar-refractivity contribution < 1.29 is 21.6 Å². The Hall–Kier alpha value is -3.57. The number of hydrogen-bond acceptors (Lipinski definition) is 6. The fourth-order valence-corrected chi connectivity index (χ4v) is 6.12. The van der Waals surface area contributed by atoms with Gasteiger partial charge in [0.2, 0.25) is 10.0 Å². The van der Waals surface area contributed by atoms with Gasteiger partial charge in [-0.25, -0.2) is 18.4 Å². The largest absolute Gasteiger partial charge is 0.418 e. The summed E-state index contributed by atoms with van der Waals surface area (Å²) in [4.78, 5) is 12.6. The molecular formula is C26H26F3N5O2S. The van der Waals surface area contributed by atoms with Crippen molar-refractivity contribution in [3.63, 3.8) is 0 Å². The van der Waals surface area contributed by atoms with E-state index in [2.05, 4.69) is 20.3 Å². The third-order valence-corrected chi connectivity index (χ3v) is 8.00. The molecule has 2 aromatic carbocycles.